The van der Waals surface area contributed by atoms with Crippen LogP contribution in [-0.4, -0.2) is 46.0 Å². The fourth-order valence-electron chi connectivity index (χ4n) is 1.81. The lowest BCUT2D eigenvalue weighted by Crippen LogP contribution is -2.47. The largest absolute Gasteiger partial charge is 0.399 e. The minimum absolute atomic E-state index is 0.813. The Kier molecular flexibility index (Phi) is 3.21. The van der Waals surface area contributed by atoms with Gasteiger partial charge in [0.05, 0.1) is 0 Å². The summed E-state index contributed by atoms with van der Waals surface area (Å²) in [5.74, 6) is 0. The van der Waals surface area contributed by atoms with E-state index in [1.54, 1.807) is 7.31 Å². The summed E-state index contributed by atoms with van der Waals surface area (Å²) in [7, 11) is 7.14. The van der Waals surface area contributed by atoms with Crippen LogP contribution in [0.15, 0.2) is 24.3 Å². The molecule has 0 atom stereocenters. The van der Waals surface area contributed by atoms with Crippen LogP contribution in [0.1, 0.15) is 0 Å². The number of rotatable bonds is 2. The van der Waals surface area contributed by atoms with Gasteiger partial charge < -0.3 is 15.4 Å². The van der Waals surface area contributed by atoms with Crippen molar-refractivity contribution in [2.75, 3.05) is 36.8 Å². The van der Waals surface area contributed by atoms with Gasteiger partial charge in [0, 0.05) is 45.3 Å². The molecule has 5 heteroatoms. The second-order valence-corrected chi connectivity index (χ2v) is 3.76. The molecule has 0 spiro atoms. The molecule has 1 aliphatic heterocycles. The van der Waals surface area contributed by atoms with Crippen LogP contribution >= 0.6 is 0 Å². The van der Waals surface area contributed by atoms with Gasteiger partial charge in [0.1, 0.15) is 7.31 Å². The van der Waals surface area contributed by atoms with E-state index >= 15 is 0 Å². The predicted octanol–water partition coefficient (Wildman–Crippen LogP) is 0.0935. The quantitative estimate of drug-likeness (QED) is 0.539. The van der Waals surface area contributed by atoms with E-state index in [0.29, 0.717) is 0 Å². The highest BCUT2D eigenvalue weighted by molar-refractivity contribution is 6.87. The maximum Gasteiger partial charge on any atom is 0.149 e. The molecule has 1 aromatic carbocycles. The van der Waals surface area contributed by atoms with Crippen LogP contribution in [-0.2, 0) is 0 Å². The highest BCUT2D eigenvalue weighted by atomic mass is 15.2. The SMILES string of the molecule is [B][B]N1CCN(c2ccc(N)cc2)CC1. The Bertz CT molecular complexity index is 307. The predicted molar refractivity (Wildman–Crippen MR) is 66.1 cm³/mol. The number of benzene rings is 1. The summed E-state index contributed by atoms with van der Waals surface area (Å²) < 4.78 is 0. The third-order valence-electron chi connectivity index (χ3n) is 2.78. The summed E-state index contributed by atoms with van der Waals surface area (Å²) in [5, 5.41) is 0. The van der Waals surface area contributed by atoms with Gasteiger partial charge in [0.2, 0.25) is 0 Å². The third kappa shape index (κ3) is 2.48. The summed E-state index contributed by atoms with van der Waals surface area (Å²) in [6.07, 6.45) is 0. The van der Waals surface area contributed by atoms with Crippen LogP contribution in [0, 0.1) is 0 Å². The third-order valence-corrected chi connectivity index (χ3v) is 2.78. The standard InChI is InChI=1S/C10H14B2N3/c11-12-15-7-5-14(6-8-15)10-3-1-9(13)2-4-10/h1-4H,5-8,13H2. The summed E-state index contributed by atoms with van der Waals surface area (Å²) in [4.78, 5) is 4.48. The van der Waals surface area contributed by atoms with Crippen molar-refractivity contribution in [1.29, 1.82) is 0 Å². The number of nitrogens with two attached hydrogens (primary N) is 1. The zero-order valence-corrected chi connectivity index (χ0v) is 8.76. The molecule has 0 aliphatic carbocycles. The highest BCUT2D eigenvalue weighted by Crippen LogP contribution is 2.17. The van der Waals surface area contributed by atoms with Crippen molar-refractivity contribution in [2.24, 2.45) is 0 Å². The molecule has 1 fully saturated rings. The Balaban J connectivity index is 1.98. The number of hydrogen-bond acceptors (Lipinski definition) is 3. The van der Waals surface area contributed by atoms with Crippen LogP contribution in [0.5, 0.6) is 0 Å². The fraction of sp³-hybridized carbons (Fsp3) is 0.400. The average molecular weight is 198 g/mol. The molecule has 1 aliphatic rings. The first-order valence-corrected chi connectivity index (χ1v) is 5.19. The molecule has 1 heterocycles. The molecule has 0 saturated carbocycles. The van der Waals surface area contributed by atoms with Crippen molar-refractivity contribution in [2.45, 2.75) is 0 Å². The summed E-state index contributed by atoms with van der Waals surface area (Å²) in [6, 6.07) is 8.02. The number of anilines is 2. The number of nitrogens with zero attached hydrogens (tertiary/aromatic N) is 2. The van der Waals surface area contributed by atoms with Crippen LogP contribution in [0.2, 0.25) is 0 Å². The van der Waals surface area contributed by atoms with Gasteiger partial charge in [-0.1, -0.05) is 0 Å². The molecule has 0 aromatic heterocycles. The fourth-order valence-corrected chi connectivity index (χ4v) is 1.81. The first-order valence-electron chi connectivity index (χ1n) is 5.19. The van der Waals surface area contributed by atoms with Gasteiger partial charge in [-0.05, 0) is 24.3 Å². The maximum atomic E-state index is 5.65. The Labute approximate surface area is 92.9 Å². The van der Waals surface area contributed by atoms with Crippen LogP contribution in [0.3, 0.4) is 0 Å². The summed E-state index contributed by atoms with van der Waals surface area (Å²) in [5.41, 5.74) is 7.70. The molecule has 0 bridgehead atoms. The van der Waals surface area contributed by atoms with Gasteiger partial charge >= 0.3 is 0 Å². The summed E-state index contributed by atoms with van der Waals surface area (Å²) >= 11 is 0. The van der Waals surface area contributed by atoms with E-state index in [1.165, 1.54) is 5.69 Å². The molecule has 0 unspecified atom stereocenters. The first kappa shape index (κ1) is 10.4. The Morgan fingerprint density at radius 3 is 2.20 bits per heavy atom. The average Bonchev–Trinajstić information content (AvgIpc) is 2.30. The van der Waals surface area contributed by atoms with Crippen molar-refractivity contribution < 1.29 is 0 Å². The lowest BCUT2D eigenvalue weighted by atomic mass is 9.65. The van der Waals surface area contributed by atoms with E-state index in [2.05, 4.69) is 21.8 Å². The smallest absolute Gasteiger partial charge is 0.149 e. The normalized spacial score (nSPS) is 17.7. The molecule has 2 rings (SSSR count). The van der Waals surface area contributed by atoms with Crippen LogP contribution in [0.25, 0.3) is 0 Å². The number of hydrogen-bond donors (Lipinski definition) is 1. The lowest BCUT2D eigenvalue weighted by molar-refractivity contribution is 0.412. The minimum Gasteiger partial charge on any atom is -0.399 e. The minimum atomic E-state index is 0.813. The van der Waals surface area contributed by atoms with Crippen molar-refractivity contribution in [3.8, 4) is 0 Å². The monoisotopic (exact) mass is 198 g/mol. The molecular weight excluding hydrogens is 184 g/mol. The van der Waals surface area contributed by atoms with Gasteiger partial charge in [-0.3, -0.25) is 0 Å². The van der Waals surface area contributed by atoms with Crippen LogP contribution in [0.4, 0.5) is 11.4 Å². The lowest BCUT2D eigenvalue weighted by Gasteiger charge is -2.36. The van der Waals surface area contributed by atoms with Crippen molar-refractivity contribution in [3.05, 3.63) is 24.3 Å². The molecular formula is C10H14B2N3. The zero-order chi connectivity index (χ0) is 10.7. The summed E-state index contributed by atoms with van der Waals surface area (Å²) in [6.45, 7) is 4.00. The van der Waals surface area contributed by atoms with E-state index in [1.807, 2.05) is 12.1 Å². The van der Waals surface area contributed by atoms with Gasteiger partial charge in [-0.2, -0.15) is 0 Å². The van der Waals surface area contributed by atoms with Crippen LogP contribution < -0.4 is 10.6 Å². The van der Waals surface area contributed by atoms with E-state index in [9.17, 15) is 0 Å². The molecule has 2 N–H and O–H groups in total. The van der Waals surface area contributed by atoms with Gasteiger partial charge in [-0.15, -0.1) is 0 Å². The molecule has 3 nitrogen and oxygen atoms in total. The van der Waals surface area contributed by atoms with E-state index in [4.69, 9.17) is 13.5 Å². The molecule has 15 heavy (non-hydrogen) atoms. The Morgan fingerprint density at radius 1 is 1.07 bits per heavy atom. The zero-order valence-electron chi connectivity index (χ0n) is 8.76. The van der Waals surface area contributed by atoms with E-state index in [0.717, 1.165) is 31.9 Å². The van der Waals surface area contributed by atoms with Gasteiger partial charge in [-0.25, -0.2) is 0 Å². The van der Waals surface area contributed by atoms with E-state index < -0.39 is 0 Å². The Hall–Kier alpha value is -1.09. The topological polar surface area (TPSA) is 32.5 Å². The molecule has 3 radical (unpaired) electrons. The van der Waals surface area contributed by atoms with Crippen molar-refractivity contribution >= 4 is 26.4 Å². The molecule has 1 saturated heterocycles. The molecule has 0 amide bonds. The van der Waals surface area contributed by atoms with Gasteiger partial charge in [0.25, 0.3) is 0 Å². The first-order chi connectivity index (χ1) is 7.29. The van der Waals surface area contributed by atoms with Crippen molar-refractivity contribution in [1.82, 2.24) is 4.81 Å². The second-order valence-electron chi connectivity index (χ2n) is 3.76. The number of piperazine rings is 1. The molecule has 75 valence electrons. The second kappa shape index (κ2) is 4.62. The number of nitrogen functional groups attached to an aromatic ring is 1. The van der Waals surface area contributed by atoms with Gasteiger partial charge in [0.15, 0.2) is 0 Å². The highest BCUT2D eigenvalue weighted by Gasteiger charge is 2.15. The van der Waals surface area contributed by atoms with Crippen molar-refractivity contribution in [3.63, 3.8) is 0 Å². The maximum absolute atomic E-state index is 5.65. The molecule has 1 aromatic rings. The Morgan fingerprint density at radius 2 is 1.67 bits per heavy atom. The van der Waals surface area contributed by atoms with E-state index in [-0.39, 0.29) is 0 Å².